The predicted molar refractivity (Wildman–Crippen MR) is 106 cm³/mol. The molecule has 0 bridgehead atoms. The Labute approximate surface area is 170 Å². The van der Waals surface area contributed by atoms with Gasteiger partial charge in [0.15, 0.2) is 0 Å². The van der Waals surface area contributed by atoms with Gasteiger partial charge in [0.1, 0.15) is 0 Å². The maximum atomic E-state index is 13.3. The van der Waals surface area contributed by atoms with E-state index in [0.29, 0.717) is 6.54 Å². The molecule has 6 nitrogen and oxygen atoms in total. The van der Waals surface area contributed by atoms with E-state index in [1.165, 1.54) is 24.4 Å². The number of nitrogens with zero attached hydrogens (tertiary/aromatic N) is 4. The number of aromatic amines is 1. The van der Waals surface area contributed by atoms with Crippen molar-refractivity contribution in [1.29, 1.82) is 0 Å². The summed E-state index contributed by atoms with van der Waals surface area (Å²) in [5.74, 6) is 0.121. The smallest absolute Gasteiger partial charge is 0.347 e. The second kappa shape index (κ2) is 7.94. The second-order valence-corrected chi connectivity index (χ2v) is 6.71. The van der Waals surface area contributed by atoms with Gasteiger partial charge in [0, 0.05) is 11.1 Å². The van der Waals surface area contributed by atoms with E-state index in [1.807, 2.05) is 37.3 Å². The molecule has 0 saturated carbocycles. The summed E-state index contributed by atoms with van der Waals surface area (Å²) in [7, 11) is 0. The molecular formula is C21H17F3N6. The molecule has 4 aromatic rings. The van der Waals surface area contributed by atoms with E-state index in [9.17, 15) is 13.2 Å². The van der Waals surface area contributed by atoms with Crippen LogP contribution in [0.5, 0.6) is 0 Å². The highest BCUT2D eigenvalue weighted by molar-refractivity contribution is 5.64. The lowest BCUT2D eigenvalue weighted by atomic mass is 10.0. The van der Waals surface area contributed by atoms with Gasteiger partial charge in [-0.25, -0.2) is 4.98 Å². The molecule has 9 heteroatoms. The number of nitrogens with one attached hydrogen (secondary N) is 2. The van der Waals surface area contributed by atoms with Crippen LogP contribution in [0.3, 0.4) is 0 Å². The van der Waals surface area contributed by atoms with Gasteiger partial charge in [0.2, 0.25) is 5.95 Å². The number of H-pyrrole nitrogens is 1. The maximum absolute atomic E-state index is 13.3. The fourth-order valence-corrected chi connectivity index (χ4v) is 2.96. The Hall–Kier alpha value is -3.75. The molecular weight excluding hydrogens is 393 g/mol. The predicted octanol–water partition coefficient (Wildman–Crippen LogP) is 4.87. The molecule has 0 spiro atoms. The summed E-state index contributed by atoms with van der Waals surface area (Å²) in [4.78, 5) is 4.19. The van der Waals surface area contributed by atoms with Crippen molar-refractivity contribution in [2.75, 3.05) is 5.32 Å². The normalized spacial score (nSPS) is 11.5. The summed E-state index contributed by atoms with van der Waals surface area (Å²) in [5, 5.41) is 17.8. The summed E-state index contributed by atoms with van der Waals surface area (Å²) in [6, 6.07) is 15.1. The van der Waals surface area contributed by atoms with Crippen LogP contribution in [0.15, 0.2) is 60.8 Å². The average molecular weight is 410 g/mol. The Morgan fingerprint density at radius 3 is 2.53 bits per heavy atom. The first-order valence-electron chi connectivity index (χ1n) is 9.12. The summed E-state index contributed by atoms with van der Waals surface area (Å²) in [6.07, 6.45) is -3.28. The van der Waals surface area contributed by atoms with Crippen LogP contribution in [0.2, 0.25) is 0 Å². The van der Waals surface area contributed by atoms with Gasteiger partial charge in [-0.2, -0.15) is 23.4 Å². The fraction of sp³-hybridized carbons (Fsp3) is 0.143. The van der Waals surface area contributed by atoms with Gasteiger partial charge in [-0.1, -0.05) is 48.0 Å². The minimum atomic E-state index is -4.49. The van der Waals surface area contributed by atoms with Crippen molar-refractivity contribution >= 4 is 5.95 Å². The largest absolute Gasteiger partial charge is 0.417 e. The fourth-order valence-electron chi connectivity index (χ4n) is 2.96. The van der Waals surface area contributed by atoms with Crippen LogP contribution in [-0.4, -0.2) is 25.4 Å². The molecule has 0 aliphatic carbocycles. The van der Waals surface area contributed by atoms with Gasteiger partial charge < -0.3 is 5.32 Å². The van der Waals surface area contributed by atoms with E-state index >= 15 is 0 Å². The molecule has 0 amide bonds. The molecule has 30 heavy (non-hydrogen) atoms. The summed E-state index contributed by atoms with van der Waals surface area (Å²) in [5.41, 5.74) is 2.97. The van der Waals surface area contributed by atoms with Crippen LogP contribution in [0.25, 0.3) is 22.5 Å². The van der Waals surface area contributed by atoms with Crippen molar-refractivity contribution in [1.82, 2.24) is 25.4 Å². The van der Waals surface area contributed by atoms with Gasteiger partial charge in [-0.15, -0.1) is 5.10 Å². The first-order valence-corrected chi connectivity index (χ1v) is 9.12. The summed E-state index contributed by atoms with van der Waals surface area (Å²) in [6.45, 7) is 2.32. The van der Waals surface area contributed by atoms with Crippen LogP contribution in [-0.2, 0) is 12.7 Å². The molecule has 0 saturated heterocycles. The lowest BCUT2D eigenvalue weighted by Gasteiger charge is -2.12. The van der Waals surface area contributed by atoms with E-state index < -0.39 is 11.7 Å². The van der Waals surface area contributed by atoms with E-state index in [2.05, 4.69) is 30.7 Å². The Bertz CT molecular complexity index is 1150. The monoisotopic (exact) mass is 410 g/mol. The van der Waals surface area contributed by atoms with Crippen LogP contribution in [0, 0.1) is 6.92 Å². The van der Waals surface area contributed by atoms with Gasteiger partial charge in [0.05, 0.1) is 35.4 Å². The summed E-state index contributed by atoms with van der Waals surface area (Å²) < 4.78 is 39.8. The van der Waals surface area contributed by atoms with Crippen molar-refractivity contribution in [3.8, 4) is 22.5 Å². The van der Waals surface area contributed by atoms with Gasteiger partial charge >= 0.3 is 6.18 Å². The number of anilines is 1. The molecule has 0 aliphatic rings. The molecule has 0 aliphatic heterocycles. The number of benzene rings is 2. The lowest BCUT2D eigenvalue weighted by Crippen LogP contribution is -2.09. The van der Waals surface area contributed by atoms with E-state index in [-0.39, 0.29) is 17.2 Å². The number of halogens is 3. The molecule has 2 N–H and O–H groups in total. The molecule has 0 fully saturated rings. The van der Waals surface area contributed by atoms with Crippen molar-refractivity contribution in [3.05, 3.63) is 77.6 Å². The first kappa shape index (κ1) is 19.6. The van der Waals surface area contributed by atoms with Crippen LogP contribution >= 0.6 is 0 Å². The lowest BCUT2D eigenvalue weighted by molar-refractivity contribution is -0.137. The van der Waals surface area contributed by atoms with Crippen molar-refractivity contribution in [3.63, 3.8) is 0 Å². The average Bonchev–Trinajstić information content (AvgIpc) is 3.21. The zero-order valence-electron chi connectivity index (χ0n) is 15.9. The topological polar surface area (TPSA) is 79.4 Å². The van der Waals surface area contributed by atoms with Gasteiger partial charge in [-0.3, -0.25) is 5.10 Å². The zero-order chi connectivity index (χ0) is 21.1. The quantitative estimate of drug-likeness (QED) is 0.491. The van der Waals surface area contributed by atoms with Crippen molar-refractivity contribution in [2.45, 2.75) is 19.6 Å². The van der Waals surface area contributed by atoms with E-state index in [0.717, 1.165) is 28.6 Å². The number of hydrogen-bond donors (Lipinski definition) is 2. The molecule has 2 heterocycles. The molecule has 2 aromatic carbocycles. The van der Waals surface area contributed by atoms with Gasteiger partial charge in [0.25, 0.3) is 0 Å². The van der Waals surface area contributed by atoms with Gasteiger partial charge in [-0.05, 0) is 19.1 Å². The molecule has 0 radical (unpaired) electrons. The molecule has 4 rings (SSSR count). The number of rotatable bonds is 5. The van der Waals surface area contributed by atoms with E-state index in [4.69, 9.17) is 0 Å². The third-order valence-corrected chi connectivity index (χ3v) is 4.48. The minimum absolute atomic E-state index is 0.0499. The molecule has 0 unspecified atom stereocenters. The highest BCUT2D eigenvalue weighted by atomic mass is 19.4. The van der Waals surface area contributed by atoms with E-state index in [1.54, 1.807) is 0 Å². The summed E-state index contributed by atoms with van der Waals surface area (Å²) >= 11 is 0. The maximum Gasteiger partial charge on any atom is 0.417 e. The molecule has 152 valence electrons. The number of alkyl halides is 3. The zero-order valence-corrected chi connectivity index (χ0v) is 15.9. The highest BCUT2D eigenvalue weighted by Gasteiger charge is 2.33. The third kappa shape index (κ3) is 4.29. The molecule has 2 aromatic heterocycles. The Morgan fingerprint density at radius 2 is 1.77 bits per heavy atom. The number of aryl methyl sites for hydroxylation is 1. The third-order valence-electron chi connectivity index (χ3n) is 4.48. The number of hydrogen-bond acceptors (Lipinski definition) is 5. The van der Waals surface area contributed by atoms with Crippen molar-refractivity contribution in [2.24, 2.45) is 0 Å². The second-order valence-electron chi connectivity index (χ2n) is 6.71. The Balaban J connectivity index is 1.51. The Morgan fingerprint density at radius 1 is 1.00 bits per heavy atom. The number of aromatic nitrogens is 5. The van der Waals surface area contributed by atoms with Crippen molar-refractivity contribution < 1.29 is 13.2 Å². The molecule has 0 atom stereocenters. The SMILES string of the molecule is Cc1ccc(-c2cc(CNc3nncc(-c4ccccc4C(F)(F)F)n3)[nH]n2)cc1. The van der Waals surface area contributed by atoms with Crippen LogP contribution in [0.4, 0.5) is 19.1 Å². The Kier molecular flexibility index (Phi) is 5.18. The van der Waals surface area contributed by atoms with Crippen LogP contribution < -0.4 is 5.32 Å². The first-order chi connectivity index (χ1) is 14.4. The minimum Gasteiger partial charge on any atom is -0.347 e. The highest BCUT2D eigenvalue weighted by Crippen LogP contribution is 2.36. The van der Waals surface area contributed by atoms with Crippen LogP contribution in [0.1, 0.15) is 16.8 Å². The standard InChI is InChI=1S/C21H17F3N6/c1-13-6-8-14(9-7-13)18-10-15(28-29-18)11-25-20-27-19(12-26-30-20)16-4-2-3-5-17(16)21(22,23)24/h2-10,12H,11H2,1H3,(H,28,29)(H,25,27,30).